The van der Waals surface area contributed by atoms with E-state index in [0.29, 0.717) is 11.4 Å². The molecule has 1 aromatic rings. The molecule has 0 radical (unpaired) electrons. The van der Waals surface area contributed by atoms with E-state index in [1.54, 1.807) is 0 Å². The number of aliphatic hydroxyl groups is 1. The van der Waals surface area contributed by atoms with E-state index in [1.807, 2.05) is 6.92 Å². The lowest BCUT2D eigenvalue weighted by molar-refractivity contribution is -0.302. The second-order valence-electron chi connectivity index (χ2n) is 6.18. The Labute approximate surface area is 164 Å². The molecule has 0 saturated heterocycles. The molecule has 10 heteroatoms. The van der Waals surface area contributed by atoms with Gasteiger partial charge in [-0.05, 0) is 31.0 Å². The summed E-state index contributed by atoms with van der Waals surface area (Å²) in [5, 5.41) is 14.4. The molecule has 0 unspecified atom stereocenters. The van der Waals surface area contributed by atoms with Gasteiger partial charge in [0.15, 0.2) is 6.61 Å². The fraction of sp³-hybridized carbons (Fsp3) is 0.529. The standard InChI is InChI=1S/C17H19Cl2F3N2O3/c1-2-3-4-5-12-9-16(26,17(20,21)22)24(23-12)15(25)10-27-14-7-6-11(18)8-13(14)19/h6-8,26H,2-5,9-10H2,1H3/t16-/m1/s1. The molecule has 0 aromatic heterocycles. The van der Waals surface area contributed by atoms with Crippen LogP contribution in [0.1, 0.15) is 39.0 Å². The first kappa shape index (κ1) is 21.8. The Bertz CT molecular complexity index is 728. The highest BCUT2D eigenvalue weighted by atomic mass is 35.5. The Kier molecular flexibility index (Phi) is 6.99. The maximum absolute atomic E-state index is 13.4. The first-order valence-electron chi connectivity index (χ1n) is 8.35. The summed E-state index contributed by atoms with van der Waals surface area (Å²) in [7, 11) is 0. The third kappa shape index (κ3) is 5.06. The third-order valence-electron chi connectivity index (χ3n) is 4.05. The number of ether oxygens (including phenoxy) is 1. The van der Waals surface area contributed by atoms with Gasteiger partial charge in [-0.2, -0.15) is 23.3 Å². The highest BCUT2D eigenvalue weighted by molar-refractivity contribution is 6.35. The molecular weight excluding hydrogens is 408 g/mol. The van der Waals surface area contributed by atoms with Gasteiger partial charge < -0.3 is 9.84 Å². The van der Waals surface area contributed by atoms with Crippen LogP contribution in [0.15, 0.2) is 23.3 Å². The Morgan fingerprint density at radius 3 is 2.67 bits per heavy atom. The van der Waals surface area contributed by atoms with Gasteiger partial charge >= 0.3 is 6.18 Å². The van der Waals surface area contributed by atoms with Crippen molar-refractivity contribution < 1.29 is 27.8 Å². The maximum atomic E-state index is 13.4. The molecule has 1 aliphatic rings. The molecule has 2 rings (SSSR count). The number of nitrogens with zero attached hydrogens (tertiary/aromatic N) is 2. The lowest BCUT2D eigenvalue weighted by Gasteiger charge is -2.32. The normalized spacial score (nSPS) is 20.0. The van der Waals surface area contributed by atoms with Crippen LogP contribution in [0.3, 0.4) is 0 Å². The van der Waals surface area contributed by atoms with Gasteiger partial charge in [0, 0.05) is 17.2 Å². The van der Waals surface area contributed by atoms with Crippen molar-refractivity contribution >= 4 is 34.8 Å². The molecule has 0 saturated carbocycles. The van der Waals surface area contributed by atoms with Crippen LogP contribution in [0, 0.1) is 0 Å². The molecule has 0 aliphatic carbocycles. The zero-order valence-electron chi connectivity index (χ0n) is 14.5. The van der Waals surface area contributed by atoms with Gasteiger partial charge in [0.1, 0.15) is 5.75 Å². The largest absolute Gasteiger partial charge is 0.482 e. The second kappa shape index (κ2) is 8.67. The Morgan fingerprint density at radius 1 is 1.37 bits per heavy atom. The quantitative estimate of drug-likeness (QED) is 0.637. The van der Waals surface area contributed by atoms with Gasteiger partial charge in [0.2, 0.25) is 0 Å². The van der Waals surface area contributed by atoms with Crippen molar-refractivity contribution in [3.05, 3.63) is 28.2 Å². The highest BCUT2D eigenvalue weighted by Gasteiger charge is 2.63. The average Bonchev–Trinajstić information content (AvgIpc) is 2.92. The van der Waals surface area contributed by atoms with Crippen LogP contribution in [0.2, 0.25) is 10.0 Å². The molecular formula is C17H19Cl2F3N2O3. The van der Waals surface area contributed by atoms with Crippen molar-refractivity contribution in [1.82, 2.24) is 5.01 Å². The fourth-order valence-electron chi connectivity index (χ4n) is 2.61. The van der Waals surface area contributed by atoms with Gasteiger partial charge in [-0.3, -0.25) is 4.79 Å². The number of carbonyl (C=O) groups is 1. The number of unbranched alkanes of at least 4 members (excludes halogenated alkanes) is 2. The number of rotatable bonds is 7. The predicted molar refractivity (Wildman–Crippen MR) is 96.0 cm³/mol. The molecule has 0 spiro atoms. The van der Waals surface area contributed by atoms with E-state index in [1.165, 1.54) is 18.2 Å². The van der Waals surface area contributed by atoms with E-state index in [2.05, 4.69) is 5.10 Å². The third-order valence-corrected chi connectivity index (χ3v) is 4.58. The summed E-state index contributed by atoms with van der Waals surface area (Å²) in [6.45, 7) is 1.18. The Balaban J connectivity index is 2.13. The van der Waals surface area contributed by atoms with E-state index < -0.39 is 30.8 Å². The monoisotopic (exact) mass is 426 g/mol. The van der Waals surface area contributed by atoms with Crippen molar-refractivity contribution in [2.45, 2.75) is 50.9 Å². The van der Waals surface area contributed by atoms with Crippen LogP contribution in [0.5, 0.6) is 5.75 Å². The summed E-state index contributed by atoms with van der Waals surface area (Å²) in [6.07, 6.45) is -3.23. The van der Waals surface area contributed by atoms with Crippen molar-refractivity contribution in [3.63, 3.8) is 0 Å². The minimum Gasteiger partial charge on any atom is -0.482 e. The van der Waals surface area contributed by atoms with Crippen LogP contribution in [0.4, 0.5) is 13.2 Å². The Hall–Kier alpha value is -1.51. The van der Waals surface area contributed by atoms with E-state index in [4.69, 9.17) is 27.9 Å². The van der Waals surface area contributed by atoms with Crippen LogP contribution >= 0.6 is 23.2 Å². The molecule has 0 fully saturated rings. The van der Waals surface area contributed by atoms with Gasteiger partial charge in [-0.15, -0.1) is 0 Å². The van der Waals surface area contributed by atoms with Crippen LogP contribution < -0.4 is 4.74 Å². The minimum atomic E-state index is -5.06. The molecule has 1 amide bonds. The summed E-state index contributed by atoms with van der Waals surface area (Å²) < 4.78 is 45.4. The number of alkyl halides is 3. The second-order valence-corrected chi connectivity index (χ2v) is 7.03. The first-order valence-corrected chi connectivity index (χ1v) is 9.10. The molecule has 150 valence electrons. The molecule has 5 nitrogen and oxygen atoms in total. The van der Waals surface area contributed by atoms with Gasteiger partial charge in [-0.1, -0.05) is 43.0 Å². The van der Waals surface area contributed by atoms with E-state index in [-0.39, 0.29) is 27.9 Å². The number of benzene rings is 1. The predicted octanol–water partition coefficient (Wildman–Crippen LogP) is 4.79. The molecule has 1 N–H and O–H groups in total. The summed E-state index contributed by atoms with van der Waals surface area (Å²) in [5.74, 6) is -1.05. The van der Waals surface area contributed by atoms with Gasteiger partial charge in [0.25, 0.3) is 11.6 Å². The van der Waals surface area contributed by atoms with Crippen molar-refractivity contribution in [3.8, 4) is 5.75 Å². The zero-order chi connectivity index (χ0) is 20.2. The minimum absolute atomic E-state index is 0.0676. The molecule has 27 heavy (non-hydrogen) atoms. The Morgan fingerprint density at radius 2 is 2.07 bits per heavy atom. The molecule has 0 bridgehead atoms. The fourth-order valence-corrected chi connectivity index (χ4v) is 3.07. The lowest BCUT2D eigenvalue weighted by atomic mass is 10.0. The maximum Gasteiger partial charge on any atom is 0.438 e. The number of halogens is 5. The summed E-state index contributed by atoms with van der Waals surface area (Å²) in [4.78, 5) is 12.3. The number of amides is 1. The SMILES string of the molecule is CCCCCC1=NN(C(=O)COc2ccc(Cl)cc2Cl)[C@](O)(C(F)(F)F)C1. The topological polar surface area (TPSA) is 62.1 Å². The molecule has 1 atom stereocenters. The lowest BCUT2D eigenvalue weighted by Crippen LogP contribution is -2.57. The average molecular weight is 427 g/mol. The summed E-state index contributed by atoms with van der Waals surface area (Å²) in [5.41, 5.74) is -3.25. The number of carbonyl (C=O) groups excluding carboxylic acids is 1. The van der Waals surface area contributed by atoms with Crippen molar-refractivity contribution in [2.24, 2.45) is 5.10 Å². The van der Waals surface area contributed by atoms with Gasteiger partial charge in [-0.25, -0.2) is 0 Å². The molecule has 1 heterocycles. The van der Waals surface area contributed by atoms with Gasteiger partial charge in [0.05, 0.1) is 5.02 Å². The van der Waals surface area contributed by atoms with E-state index >= 15 is 0 Å². The van der Waals surface area contributed by atoms with E-state index in [0.717, 1.165) is 12.8 Å². The number of hydrazone groups is 1. The first-order chi connectivity index (χ1) is 12.6. The molecule has 1 aromatic carbocycles. The van der Waals surface area contributed by atoms with Crippen molar-refractivity contribution in [1.29, 1.82) is 0 Å². The van der Waals surface area contributed by atoms with Crippen LogP contribution in [-0.2, 0) is 4.79 Å². The van der Waals surface area contributed by atoms with E-state index in [9.17, 15) is 23.1 Å². The van der Waals surface area contributed by atoms with Crippen LogP contribution in [0.25, 0.3) is 0 Å². The molecule has 1 aliphatic heterocycles. The summed E-state index contributed by atoms with van der Waals surface area (Å²) >= 11 is 11.7. The highest BCUT2D eigenvalue weighted by Crippen LogP contribution is 2.41. The smallest absolute Gasteiger partial charge is 0.438 e. The van der Waals surface area contributed by atoms with Crippen molar-refractivity contribution in [2.75, 3.05) is 6.61 Å². The van der Waals surface area contributed by atoms with Crippen LogP contribution in [-0.4, -0.2) is 40.2 Å². The zero-order valence-corrected chi connectivity index (χ0v) is 16.0. The number of hydrogen-bond donors (Lipinski definition) is 1. The summed E-state index contributed by atoms with van der Waals surface area (Å²) in [6, 6.07) is 4.21. The number of hydrogen-bond acceptors (Lipinski definition) is 4.